The molecule has 5 heterocycles. The van der Waals surface area contributed by atoms with Crippen molar-refractivity contribution in [3.8, 4) is 17.3 Å². The highest BCUT2D eigenvalue weighted by atomic mass is 32.2. The predicted octanol–water partition coefficient (Wildman–Crippen LogP) is 2.15. The Hall–Kier alpha value is -3.95. The van der Waals surface area contributed by atoms with Crippen LogP contribution in [0.5, 0.6) is 5.88 Å². The summed E-state index contributed by atoms with van der Waals surface area (Å²) in [4.78, 5) is 18.1. The molecule has 15 heteroatoms. The summed E-state index contributed by atoms with van der Waals surface area (Å²) in [5.41, 5.74) is 8.62. The first-order valence-corrected chi connectivity index (χ1v) is 16.4. The number of alkyl halides is 1. The van der Waals surface area contributed by atoms with Gasteiger partial charge in [-0.1, -0.05) is 0 Å². The van der Waals surface area contributed by atoms with Gasteiger partial charge in [0.2, 0.25) is 5.88 Å². The minimum Gasteiger partial charge on any atom is -0.471 e. The van der Waals surface area contributed by atoms with Crippen LogP contribution < -0.4 is 21.1 Å². The molecule has 13 nitrogen and oxygen atoms in total. The zero-order chi connectivity index (χ0) is 30.3. The largest absolute Gasteiger partial charge is 0.471 e. The van der Waals surface area contributed by atoms with E-state index in [2.05, 4.69) is 30.7 Å². The van der Waals surface area contributed by atoms with E-state index >= 15 is 0 Å². The number of ether oxygens (including phenoxy) is 2. The minimum atomic E-state index is -3.52. The number of hydrogen-bond donors (Lipinski definition) is 3. The Bertz CT molecular complexity index is 1680. The first kappa shape index (κ1) is 28.8. The van der Waals surface area contributed by atoms with E-state index in [1.54, 1.807) is 30.9 Å². The highest BCUT2D eigenvalue weighted by molar-refractivity contribution is 7.90. The Morgan fingerprint density at radius 2 is 1.93 bits per heavy atom. The lowest BCUT2D eigenvalue weighted by molar-refractivity contribution is 0.137. The standard InChI is InChI=1S/C29H34FN9O4S/c30-19-1-3-20(4-2-19)37-24-11-29(31,35-13-23(24)25-14-34-27(15-33-25)43-21-8-10-42-17-21)26-7-9-32-28(38-26)18-12-36-39(16-18)44(40,41)22-5-6-22/h7,9,11-16,19-22,35,37H,1-6,8,10,17,31H2. The van der Waals surface area contributed by atoms with Crippen molar-refractivity contribution < 1.29 is 22.3 Å². The molecular formula is C29H34FN9O4S. The summed E-state index contributed by atoms with van der Waals surface area (Å²) in [6.07, 6.45) is 14.9. The Morgan fingerprint density at radius 3 is 2.66 bits per heavy atom. The van der Waals surface area contributed by atoms with Crippen LogP contribution in [-0.4, -0.2) is 74.3 Å². The van der Waals surface area contributed by atoms with E-state index in [0.717, 1.165) is 16.1 Å². The molecule has 0 amide bonds. The number of rotatable bonds is 9. The van der Waals surface area contributed by atoms with Crippen molar-refractivity contribution in [1.29, 1.82) is 0 Å². The highest BCUT2D eigenvalue weighted by Gasteiger charge is 2.38. The van der Waals surface area contributed by atoms with Gasteiger partial charge in [-0.2, -0.15) is 9.19 Å². The maximum Gasteiger partial charge on any atom is 0.256 e. The second-order valence-corrected chi connectivity index (χ2v) is 13.7. The lowest BCUT2D eigenvalue weighted by Gasteiger charge is -2.35. The van der Waals surface area contributed by atoms with Gasteiger partial charge in [0.25, 0.3) is 10.0 Å². The molecule has 2 aliphatic heterocycles. The van der Waals surface area contributed by atoms with Crippen LogP contribution >= 0.6 is 0 Å². The predicted molar refractivity (Wildman–Crippen MR) is 158 cm³/mol. The van der Waals surface area contributed by atoms with E-state index in [1.165, 1.54) is 12.4 Å². The van der Waals surface area contributed by atoms with E-state index < -0.39 is 27.1 Å². The van der Waals surface area contributed by atoms with Crippen LogP contribution in [0.25, 0.3) is 17.0 Å². The number of halogens is 1. The molecular weight excluding hydrogens is 589 g/mol. The van der Waals surface area contributed by atoms with Crippen LogP contribution in [0.4, 0.5) is 4.39 Å². The van der Waals surface area contributed by atoms with Crippen molar-refractivity contribution in [3.63, 3.8) is 0 Å². The molecule has 0 spiro atoms. The fraction of sp³-hybridized carbons (Fsp3) is 0.483. The monoisotopic (exact) mass is 623 g/mol. The van der Waals surface area contributed by atoms with E-state index in [-0.39, 0.29) is 12.1 Å². The molecule has 3 fully saturated rings. The van der Waals surface area contributed by atoms with Gasteiger partial charge in [-0.15, -0.1) is 0 Å². The van der Waals surface area contributed by atoms with Crippen molar-refractivity contribution in [2.24, 2.45) is 5.73 Å². The van der Waals surface area contributed by atoms with Gasteiger partial charge in [0.05, 0.1) is 60.2 Å². The third kappa shape index (κ3) is 5.90. The molecule has 3 aromatic heterocycles. The molecule has 2 saturated carbocycles. The lowest BCUT2D eigenvalue weighted by Crippen LogP contribution is -2.50. The Labute approximate surface area is 254 Å². The van der Waals surface area contributed by atoms with Crippen LogP contribution in [0.3, 0.4) is 0 Å². The lowest BCUT2D eigenvalue weighted by atomic mass is 9.91. The van der Waals surface area contributed by atoms with Gasteiger partial charge in [0.1, 0.15) is 12.3 Å². The first-order valence-electron chi connectivity index (χ1n) is 14.9. The zero-order valence-corrected chi connectivity index (χ0v) is 24.8. The molecule has 7 rings (SSSR count). The van der Waals surface area contributed by atoms with Crippen molar-refractivity contribution >= 4 is 15.6 Å². The van der Waals surface area contributed by atoms with Gasteiger partial charge in [-0.05, 0) is 50.7 Å². The molecule has 44 heavy (non-hydrogen) atoms. The van der Waals surface area contributed by atoms with Crippen LogP contribution in [0.15, 0.2) is 55.0 Å². The molecule has 0 radical (unpaired) electrons. The van der Waals surface area contributed by atoms with Crippen LogP contribution in [0, 0.1) is 0 Å². The van der Waals surface area contributed by atoms with E-state index in [0.29, 0.717) is 86.1 Å². The minimum absolute atomic E-state index is 0.0407. The molecule has 3 aromatic rings. The fourth-order valence-electron chi connectivity index (χ4n) is 5.61. The summed E-state index contributed by atoms with van der Waals surface area (Å²) in [5, 5.41) is 10.5. The van der Waals surface area contributed by atoms with Crippen molar-refractivity contribution in [1.82, 2.24) is 39.8 Å². The average molecular weight is 624 g/mol. The smallest absolute Gasteiger partial charge is 0.256 e. The maximum atomic E-state index is 13.9. The molecule has 2 unspecified atom stereocenters. The van der Waals surface area contributed by atoms with Gasteiger partial charge in [0.15, 0.2) is 11.5 Å². The summed E-state index contributed by atoms with van der Waals surface area (Å²) >= 11 is 0. The third-order valence-electron chi connectivity index (χ3n) is 8.32. The van der Waals surface area contributed by atoms with Crippen LogP contribution in [0.2, 0.25) is 0 Å². The Morgan fingerprint density at radius 1 is 1.09 bits per heavy atom. The molecule has 4 N–H and O–H groups in total. The molecule has 1 saturated heterocycles. The molecule has 2 atom stereocenters. The quantitative estimate of drug-likeness (QED) is 0.318. The molecule has 0 aromatic carbocycles. The van der Waals surface area contributed by atoms with Gasteiger partial charge < -0.3 is 25.8 Å². The fourth-order valence-corrected chi connectivity index (χ4v) is 7.09. The van der Waals surface area contributed by atoms with Crippen molar-refractivity contribution in [2.75, 3.05) is 13.2 Å². The topological polar surface area (TPSA) is 172 Å². The second-order valence-electron chi connectivity index (χ2n) is 11.7. The van der Waals surface area contributed by atoms with Crippen LogP contribution in [0.1, 0.15) is 56.3 Å². The summed E-state index contributed by atoms with van der Waals surface area (Å²) in [6, 6.07) is 1.75. The number of aromatic nitrogens is 6. The number of dihydropyridines is 1. The third-order valence-corrected chi connectivity index (χ3v) is 10.4. The number of hydrogen-bond acceptors (Lipinski definition) is 12. The number of nitrogens with one attached hydrogen (secondary N) is 2. The molecule has 2 aliphatic carbocycles. The van der Waals surface area contributed by atoms with Crippen molar-refractivity contribution in [3.05, 3.63) is 66.4 Å². The number of nitrogens with zero attached hydrogens (tertiary/aromatic N) is 6. The van der Waals surface area contributed by atoms with Gasteiger partial charge >= 0.3 is 0 Å². The number of allylic oxidation sites excluding steroid dienone is 1. The van der Waals surface area contributed by atoms with Crippen LogP contribution in [-0.2, 0) is 20.4 Å². The van der Waals surface area contributed by atoms with Gasteiger partial charge in [-0.25, -0.2) is 32.7 Å². The first-order chi connectivity index (χ1) is 21.3. The highest BCUT2D eigenvalue weighted by Crippen LogP contribution is 2.33. The Balaban J connectivity index is 1.16. The van der Waals surface area contributed by atoms with E-state index in [1.807, 2.05) is 6.08 Å². The van der Waals surface area contributed by atoms with E-state index in [9.17, 15) is 12.8 Å². The average Bonchev–Trinajstić information content (AvgIpc) is 3.55. The van der Waals surface area contributed by atoms with Gasteiger partial charge in [-0.3, -0.25) is 0 Å². The normalized spacial score (nSPS) is 27.3. The van der Waals surface area contributed by atoms with Gasteiger partial charge in [0, 0.05) is 36.1 Å². The summed E-state index contributed by atoms with van der Waals surface area (Å²) in [7, 11) is -3.52. The Kier molecular flexibility index (Phi) is 7.54. The molecule has 232 valence electrons. The van der Waals surface area contributed by atoms with E-state index in [4.69, 9.17) is 20.2 Å². The summed E-state index contributed by atoms with van der Waals surface area (Å²) < 4.78 is 51.4. The van der Waals surface area contributed by atoms with Crippen molar-refractivity contribution in [2.45, 2.75) is 74.2 Å². The molecule has 0 bridgehead atoms. The molecule has 4 aliphatic rings. The number of nitrogens with two attached hydrogens (primary N) is 1. The maximum absolute atomic E-state index is 13.9. The SMILES string of the molecule is NC1(c2ccnc(-c3cnn(S(=O)(=O)C4CC4)c3)n2)C=C(NC2CCC(F)CC2)C(c2cnc(OC3CCOC3)cn2)=CN1. The summed E-state index contributed by atoms with van der Waals surface area (Å²) in [6.45, 7) is 1.20. The zero-order valence-electron chi connectivity index (χ0n) is 24.0. The summed E-state index contributed by atoms with van der Waals surface area (Å²) in [5.74, 6) is 0.711. The second kappa shape index (κ2) is 11.5.